The molecule has 1 aromatic carbocycles. The number of hydrogen-bond acceptors (Lipinski definition) is 4. The Balaban J connectivity index is 1.67. The molecule has 6 nitrogen and oxygen atoms in total. The Labute approximate surface area is 148 Å². The van der Waals surface area contributed by atoms with Gasteiger partial charge in [0.1, 0.15) is 5.82 Å². The molecular formula is C19H26N4O2. The van der Waals surface area contributed by atoms with Crippen LogP contribution < -0.4 is 5.32 Å². The summed E-state index contributed by atoms with van der Waals surface area (Å²) >= 11 is 0. The highest BCUT2D eigenvalue weighted by Gasteiger charge is 2.23. The number of nitrogens with zero attached hydrogens (tertiary/aromatic N) is 3. The van der Waals surface area contributed by atoms with Gasteiger partial charge in [-0.05, 0) is 44.9 Å². The molecule has 0 spiro atoms. The number of aromatic nitrogens is 2. The summed E-state index contributed by atoms with van der Waals surface area (Å²) in [6.07, 6.45) is 4.99. The van der Waals surface area contributed by atoms with E-state index in [1.807, 2.05) is 30.5 Å². The van der Waals surface area contributed by atoms with Gasteiger partial charge in [-0.25, -0.2) is 4.98 Å². The first-order chi connectivity index (χ1) is 12.0. The maximum absolute atomic E-state index is 12.6. The summed E-state index contributed by atoms with van der Waals surface area (Å²) in [5, 5.41) is 13.1. The predicted molar refractivity (Wildman–Crippen MR) is 97.5 cm³/mol. The molecule has 0 bridgehead atoms. The van der Waals surface area contributed by atoms with Crippen molar-refractivity contribution in [3.05, 3.63) is 48.0 Å². The Morgan fingerprint density at radius 2 is 2.28 bits per heavy atom. The van der Waals surface area contributed by atoms with Crippen LogP contribution in [0, 0.1) is 0 Å². The third kappa shape index (κ3) is 4.20. The van der Waals surface area contributed by atoms with E-state index in [9.17, 15) is 9.90 Å². The predicted octanol–water partition coefficient (Wildman–Crippen LogP) is 2.67. The van der Waals surface area contributed by atoms with Crippen molar-refractivity contribution in [2.75, 3.05) is 18.4 Å². The highest BCUT2D eigenvalue weighted by molar-refractivity contribution is 5.95. The van der Waals surface area contributed by atoms with E-state index >= 15 is 0 Å². The fourth-order valence-electron chi connectivity index (χ4n) is 3.22. The van der Waals surface area contributed by atoms with E-state index in [-0.39, 0.29) is 5.91 Å². The molecule has 0 unspecified atom stereocenters. The number of amides is 1. The highest BCUT2D eigenvalue weighted by atomic mass is 16.3. The first-order valence-electron chi connectivity index (χ1n) is 8.87. The topological polar surface area (TPSA) is 70.4 Å². The molecule has 1 atom stereocenters. The van der Waals surface area contributed by atoms with Gasteiger partial charge in [0.05, 0.1) is 12.6 Å². The number of nitrogens with one attached hydrogen (secondary N) is 1. The molecule has 1 fully saturated rings. The molecule has 1 aliphatic rings. The third-order valence-corrected chi connectivity index (χ3v) is 4.55. The van der Waals surface area contributed by atoms with Crippen LogP contribution in [0.2, 0.25) is 0 Å². The van der Waals surface area contributed by atoms with Crippen LogP contribution in [0.25, 0.3) is 0 Å². The van der Waals surface area contributed by atoms with Crippen LogP contribution >= 0.6 is 0 Å². The fourth-order valence-corrected chi connectivity index (χ4v) is 3.22. The van der Waals surface area contributed by atoms with Crippen LogP contribution in [0.5, 0.6) is 0 Å². The zero-order valence-corrected chi connectivity index (χ0v) is 14.9. The van der Waals surface area contributed by atoms with Crippen LogP contribution in [0.1, 0.15) is 48.9 Å². The van der Waals surface area contributed by atoms with E-state index < -0.39 is 6.10 Å². The number of carbonyl (C=O) groups excluding carboxylic acids is 1. The average Bonchev–Trinajstić information content (AvgIpc) is 3.08. The number of likely N-dealkylation sites (tertiary alicyclic amines) is 1. The number of anilines is 1. The van der Waals surface area contributed by atoms with Crippen molar-refractivity contribution in [3.8, 4) is 0 Å². The fraction of sp³-hybridized carbons (Fsp3) is 0.474. The Morgan fingerprint density at radius 1 is 1.44 bits per heavy atom. The SMILES string of the molecule is CC(C)n1ccnc1CNc1cccc(C(=O)N2CCC[C@H](O)C2)c1. The molecule has 3 rings (SSSR count). The number of rotatable bonds is 5. The van der Waals surface area contributed by atoms with E-state index in [1.165, 1.54) is 0 Å². The maximum atomic E-state index is 12.6. The maximum Gasteiger partial charge on any atom is 0.254 e. The minimum atomic E-state index is -0.408. The molecule has 25 heavy (non-hydrogen) atoms. The van der Waals surface area contributed by atoms with Gasteiger partial charge in [-0.1, -0.05) is 6.07 Å². The van der Waals surface area contributed by atoms with Crippen molar-refractivity contribution >= 4 is 11.6 Å². The first-order valence-corrected chi connectivity index (χ1v) is 8.87. The lowest BCUT2D eigenvalue weighted by atomic mass is 10.1. The summed E-state index contributed by atoms with van der Waals surface area (Å²) in [6.45, 7) is 5.97. The number of imidazole rings is 1. The highest BCUT2D eigenvalue weighted by Crippen LogP contribution is 2.17. The van der Waals surface area contributed by atoms with Crippen molar-refractivity contribution in [1.82, 2.24) is 14.5 Å². The van der Waals surface area contributed by atoms with Crippen molar-refractivity contribution in [1.29, 1.82) is 0 Å². The minimum absolute atomic E-state index is 0.0221. The second kappa shape index (κ2) is 7.70. The number of carbonyl (C=O) groups is 1. The van der Waals surface area contributed by atoms with Gasteiger partial charge < -0.3 is 19.9 Å². The van der Waals surface area contributed by atoms with Gasteiger partial charge in [-0.15, -0.1) is 0 Å². The normalized spacial score (nSPS) is 17.8. The number of benzene rings is 1. The molecule has 0 saturated carbocycles. The van der Waals surface area contributed by atoms with Crippen LogP contribution in [-0.2, 0) is 6.54 Å². The summed E-state index contributed by atoms with van der Waals surface area (Å²) in [4.78, 5) is 18.8. The lowest BCUT2D eigenvalue weighted by Crippen LogP contribution is -2.42. The third-order valence-electron chi connectivity index (χ3n) is 4.55. The van der Waals surface area contributed by atoms with E-state index in [1.54, 1.807) is 11.1 Å². The standard InChI is InChI=1S/C19H26N4O2/c1-14(2)23-10-8-20-18(23)12-21-16-6-3-5-15(11-16)19(25)22-9-4-7-17(24)13-22/h3,5-6,8,10-11,14,17,21,24H,4,7,9,12-13H2,1-2H3/t17-/m0/s1. The Kier molecular flexibility index (Phi) is 5.38. The molecule has 0 aliphatic carbocycles. The molecule has 1 aliphatic heterocycles. The molecule has 1 amide bonds. The van der Waals surface area contributed by atoms with Crippen LogP contribution in [0.4, 0.5) is 5.69 Å². The average molecular weight is 342 g/mol. The Hall–Kier alpha value is -2.34. The second-order valence-corrected chi connectivity index (χ2v) is 6.83. The van der Waals surface area contributed by atoms with Gasteiger partial charge in [0.15, 0.2) is 0 Å². The first kappa shape index (κ1) is 17.5. The molecule has 2 aromatic rings. The molecule has 1 saturated heterocycles. The summed E-state index contributed by atoms with van der Waals surface area (Å²) in [5.41, 5.74) is 1.54. The molecule has 134 valence electrons. The van der Waals surface area contributed by atoms with Gasteiger partial charge in [-0.3, -0.25) is 4.79 Å². The molecular weight excluding hydrogens is 316 g/mol. The van der Waals surface area contributed by atoms with Gasteiger partial charge in [0, 0.05) is 42.8 Å². The number of β-amino-alcohol motifs (C(OH)–C–C–N with tert-alkyl or cyclic N) is 1. The summed E-state index contributed by atoms with van der Waals surface area (Å²) in [5.74, 6) is 0.942. The van der Waals surface area contributed by atoms with Crippen molar-refractivity contribution in [3.63, 3.8) is 0 Å². The zero-order valence-electron chi connectivity index (χ0n) is 14.9. The number of hydrogen-bond donors (Lipinski definition) is 2. The van der Waals surface area contributed by atoms with Crippen LogP contribution in [-0.4, -0.2) is 44.7 Å². The van der Waals surface area contributed by atoms with Gasteiger partial charge >= 0.3 is 0 Å². The van der Waals surface area contributed by atoms with E-state index in [2.05, 4.69) is 28.7 Å². The quantitative estimate of drug-likeness (QED) is 0.876. The number of piperidine rings is 1. The molecule has 2 heterocycles. The van der Waals surface area contributed by atoms with Gasteiger partial charge in [-0.2, -0.15) is 0 Å². The summed E-state index contributed by atoms with van der Waals surface area (Å²) < 4.78 is 2.12. The number of aliphatic hydroxyl groups excluding tert-OH is 1. The second-order valence-electron chi connectivity index (χ2n) is 6.83. The lowest BCUT2D eigenvalue weighted by Gasteiger charge is -2.30. The lowest BCUT2D eigenvalue weighted by molar-refractivity contribution is 0.0474. The van der Waals surface area contributed by atoms with E-state index in [0.29, 0.717) is 31.2 Å². The summed E-state index contributed by atoms with van der Waals surface area (Å²) in [6, 6.07) is 7.88. The van der Waals surface area contributed by atoms with E-state index in [4.69, 9.17) is 0 Å². The molecule has 1 aromatic heterocycles. The van der Waals surface area contributed by atoms with Crippen LogP contribution in [0.3, 0.4) is 0 Å². The molecule has 0 radical (unpaired) electrons. The molecule has 2 N–H and O–H groups in total. The van der Waals surface area contributed by atoms with Gasteiger partial charge in [0.25, 0.3) is 5.91 Å². The summed E-state index contributed by atoms with van der Waals surface area (Å²) in [7, 11) is 0. The Bertz CT molecular complexity index is 726. The minimum Gasteiger partial charge on any atom is -0.391 e. The Morgan fingerprint density at radius 3 is 3.04 bits per heavy atom. The monoisotopic (exact) mass is 342 g/mol. The smallest absolute Gasteiger partial charge is 0.254 e. The van der Waals surface area contributed by atoms with Crippen LogP contribution in [0.15, 0.2) is 36.7 Å². The van der Waals surface area contributed by atoms with Crippen molar-refractivity contribution in [2.45, 2.75) is 45.4 Å². The zero-order chi connectivity index (χ0) is 17.8. The number of aliphatic hydroxyl groups is 1. The molecule has 6 heteroatoms. The van der Waals surface area contributed by atoms with Crippen molar-refractivity contribution < 1.29 is 9.90 Å². The van der Waals surface area contributed by atoms with Crippen molar-refractivity contribution in [2.24, 2.45) is 0 Å². The van der Waals surface area contributed by atoms with Gasteiger partial charge in [0.2, 0.25) is 0 Å². The largest absolute Gasteiger partial charge is 0.391 e. The van der Waals surface area contributed by atoms with E-state index in [0.717, 1.165) is 24.4 Å².